The van der Waals surface area contributed by atoms with Crippen LogP contribution >= 0.6 is 0 Å². The minimum absolute atomic E-state index is 0.0163. The molecule has 0 rings (SSSR count). The van der Waals surface area contributed by atoms with Crippen LogP contribution in [0, 0.1) is 5.92 Å². The maximum absolute atomic E-state index is 13.1. The Hall–Kier alpha value is -0.136. The van der Waals surface area contributed by atoms with Crippen LogP contribution in [0.1, 0.15) is 114 Å². The summed E-state index contributed by atoms with van der Waals surface area (Å²) in [5.74, 6) is -0.0706. The Labute approximate surface area is 186 Å². The highest BCUT2D eigenvalue weighted by Crippen LogP contribution is 2.45. The molecule has 0 aromatic heterocycles. The first-order chi connectivity index (χ1) is 13.4. The molecule has 0 bridgehead atoms. The Morgan fingerprint density at radius 3 is 1.72 bits per heavy atom. The van der Waals surface area contributed by atoms with Crippen molar-refractivity contribution in [2.24, 2.45) is 5.92 Å². The number of hydrogen-bond donors (Lipinski definition) is 0. The Morgan fingerprint density at radius 1 is 0.862 bits per heavy atom. The van der Waals surface area contributed by atoms with Gasteiger partial charge in [-0.15, -0.1) is 0 Å². The van der Waals surface area contributed by atoms with Gasteiger partial charge in [0, 0.05) is 5.60 Å². The molecule has 5 heteroatoms. The van der Waals surface area contributed by atoms with Gasteiger partial charge in [0.15, 0.2) is 0 Å². The summed E-state index contributed by atoms with van der Waals surface area (Å²) in [5, 5.41) is 0.0744. The average Bonchev–Trinajstić information content (AvgIpc) is 2.59. The highest BCUT2D eigenvalue weighted by molar-refractivity contribution is 6.78. The molecule has 3 nitrogen and oxygen atoms in total. The molecule has 2 radical (unpaired) electrons. The van der Waals surface area contributed by atoms with E-state index in [-0.39, 0.29) is 22.5 Å². The fourth-order valence-electron chi connectivity index (χ4n) is 3.56. The molecule has 1 unspecified atom stereocenters. The lowest BCUT2D eigenvalue weighted by Gasteiger charge is -2.42. The molecule has 0 aliphatic rings. The van der Waals surface area contributed by atoms with Gasteiger partial charge < -0.3 is 8.85 Å². The number of carbonyl (C=O) groups excluding carboxylic acids is 1. The third-order valence-electron chi connectivity index (χ3n) is 5.70. The first kappa shape index (κ1) is 28.9. The Bertz CT molecular complexity index is 426. The van der Waals surface area contributed by atoms with Crippen LogP contribution in [0.2, 0.25) is 23.2 Å². The molecule has 0 saturated carbocycles. The average molecular weight is 443 g/mol. The molecule has 0 fully saturated rings. The molecule has 0 spiro atoms. The van der Waals surface area contributed by atoms with Crippen molar-refractivity contribution in [3.05, 3.63) is 0 Å². The molecule has 0 heterocycles. The van der Waals surface area contributed by atoms with Crippen LogP contribution in [-0.2, 0) is 13.6 Å². The van der Waals surface area contributed by atoms with Gasteiger partial charge in [-0.3, -0.25) is 4.79 Å². The molecule has 0 aromatic rings. The quantitative estimate of drug-likeness (QED) is 0.191. The standard InChI is InChI=1S/C24H50O3Si2/c1-10-12-14-16-18-29(24(7,8)9,19-17-15-13-11-2)26-22(25)21(3)20-28-27-23(4,5)6/h21H,10-20H2,1-9H3. The van der Waals surface area contributed by atoms with Gasteiger partial charge >= 0.3 is 0 Å². The number of unbranched alkanes of at least 4 members (excludes halogenated alkanes) is 6. The molecule has 29 heavy (non-hydrogen) atoms. The van der Waals surface area contributed by atoms with Crippen molar-refractivity contribution in [3.63, 3.8) is 0 Å². The molecule has 0 aliphatic heterocycles. The van der Waals surface area contributed by atoms with Crippen LogP contribution in [0.25, 0.3) is 0 Å². The largest absolute Gasteiger partial charge is 0.518 e. The van der Waals surface area contributed by atoms with Gasteiger partial charge in [-0.2, -0.15) is 0 Å². The van der Waals surface area contributed by atoms with Crippen molar-refractivity contribution in [3.8, 4) is 0 Å². The summed E-state index contributed by atoms with van der Waals surface area (Å²) in [6.45, 7) is 19.6. The smallest absolute Gasteiger partial charge is 0.295 e. The highest BCUT2D eigenvalue weighted by atomic mass is 28.4. The van der Waals surface area contributed by atoms with Crippen LogP contribution in [0.3, 0.4) is 0 Å². The van der Waals surface area contributed by atoms with E-state index in [1.54, 1.807) is 0 Å². The van der Waals surface area contributed by atoms with Crippen LogP contribution < -0.4 is 0 Å². The van der Waals surface area contributed by atoms with E-state index < -0.39 is 8.32 Å². The van der Waals surface area contributed by atoms with E-state index in [9.17, 15) is 4.79 Å². The Morgan fingerprint density at radius 2 is 1.34 bits per heavy atom. The molecule has 0 aromatic carbocycles. The summed E-state index contributed by atoms with van der Waals surface area (Å²) in [6.07, 6.45) is 9.94. The Kier molecular flexibility index (Phi) is 14.0. The summed E-state index contributed by atoms with van der Waals surface area (Å²) in [4.78, 5) is 13.1. The van der Waals surface area contributed by atoms with E-state index in [0.29, 0.717) is 9.76 Å². The lowest BCUT2D eigenvalue weighted by Crippen LogP contribution is -2.49. The minimum atomic E-state index is -2.19. The van der Waals surface area contributed by atoms with Gasteiger partial charge in [0.2, 0.25) is 9.76 Å². The molecule has 0 aliphatic carbocycles. The zero-order valence-electron chi connectivity index (χ0n) is 21.1. The van der Waals surface area contributed by atoms with Gasteiger partial charge in [0.1, 0.15) is 0 Å². The van der Waals surface area contributed by atoms with Crippen molar-refractivity contribution in [1.82, 2.24) is 0 Å². The fourth-order valence-corrected chi connectivity index (χ4v) is 8.99. The van der Waals surface area contributed by atoms with E-state index >= 15 is 0 Å². The summed E-state index contributed by atoms with van der Waals surface area (Å²) in [7, 11) is -1.84. The summed E-state index contributed by atoms with van der Waals surface area (Å²) < 4.78 is 12.4. The van der Waals surface area contributed by atoms with E-state index in [0.717, 1.165) is 18.1 Å². The zero-order valence-corrected chi connectivity index (χ0v) is 23.1. The SMILES string of the molecule is CCCCCC[Si](CCCCCC)(OC(=O)C(C)C[Si]OC(C)(C)C)C(C)(C)C. The monoisotopic (exact) mass is 442 g/mol. The molecule has 172 valence electrons. The Balaban J connectivity index is 5.17. The van der Waals surface area contributed by atoms with E-state index in [1.807, 2.05) is 6.92 Å². The molecule has 0 amide bonds. The predicted octanol–water partition coefficient (Wildman–Crippen LogP) is 7.92. The van der Waals surface area contributed by atoms with Gasteiger partial charge in [-0.05, 0) is 43.9 Å². The highest BCUT2D eigenvalue weighted by Gasteiger charge is 2.48. The topological polar surface area (TPSA) is 35.5 Å². The third-order valence-corrected chi connectivity index (χ3v) is 12.9. The van der Waals surface area contributed by atoms with Gasteiger partial charge in [0.25, 0.3) is 14.3 Å². The number of hydrogen-bond acceptors (Lipinski definition) is 3. The van der Waals surface area contributed by atoms with Crippen LogP contribution in [0.5, 0.6) is 0 Å². The van der Waals surface area contributed by atoms with Gasteiger partial charge in [-0.25, -0.2) is 0 Å². The third kappa shape index (κ3) is 12.3. The molecular weight excluding hydrogens is 392 g/mol. The van der Waals surface area contributed by atoms with Gasteiger partial charge in [0.05, 0.1) is 5.92 Å². The van der Waals surface area contributed by atoms with Crippen molar-refractivity contribution in [2.75, 3.05) is 0 Å². The normalized spacial score (nSPS) is 14.1. The van der Waals surface area contributed by atoms with Crippen molar-refractivity contribution in [2.45, 2.75) is 142 Å². The van der Waals surface area contributed by atoms with Crippen molar-refractivity contribution < 1.29 is 13.6 Å². The maximum Gasteiger partial charge on any atom is 0.295 e. The number of rotatable bonds is 15. The number of carbonyl (C=O) groups is 1. The van der Waals surface area contributed by atoms with Crippen molar-refractivity contribution in [1.29, 1.82) is 0 Å². The van der Waals surface area contributed by atoms with Crippen LogP contribution in [-0.4, -0.2) is 29.7 Å². The second kappa shape index (κ2) is 14.0. The summed E-state index contributed by atoms with van der Waals surface area (Å²) in [5.41, 5.74) is -0.148. The molecule has 0 saturated heterocycles. The second-order valence-electron chi connectivity index (χ2n) is 10.8. The zero-order chi connectivity index (χ0) is 22.6. The van der Waals surface area contributed by atoms with Crippen molar-refractivity contribution >= 4 is 24.0 Å². The first-order valence-electron chi connectivity index (χ1n) is 12.0. The second-order valence-corrected chi connectivity index (χ2v) is 16.3. The summed E-state index contributed by atoms with van der Waals surface area (Å²) >= 11 is 0. The van der Waals surface area contributed by atoms with E-state index in [1.165, 1.54) is 51.4 Å². The van der Waals surface area contributed by atoms with E-state index in [2.05, 4.69) is 55.4 Å². The minimum Gasteiger partial charge on any atom is -0.518 e. The lowest BCUT2D eigenvalue weighted by atomic mass is 10.2. The van der Waals surface area contributed by atoms with Gasteiger partial charge in [-0.1, -0.05) is 92.9 Å². The van der Waals surface area contributed by atoms with Crippen LogP contribution in [0.15, 0.2) is 0 Å². The maximum atomic E-state index is 13.1. The summed E-state index contributed by atoms with van der Waals surface area (Å²) in [6, 6.07) is 2.99. The predicted molar refractivity (Wildman–Crippen MR) is 130 cm³/mol. The van der Waals surface area contributed by atoms with E-state index in [4.69, 9.17) is 8.85 Å². The lowest BCUT2D eigenvalue weighted by molar-refractivity contribution is -0.139. The fraction of sp³-hybridized carbons (Fsp3) is 0.958. The first-order valence-corrected chi connectivity index (χ1v) is 15.5. The molecule has 1 atom stereocenters. The molecule has 0 N–H and O–H groups in total. The molecular formula is C24H50O3Si2. The van der Waals surface area contributed by atoms with Crippen LogP contribution in [0.4, 0.5) is 0 Å².